The number of hydrogen-bond acceptors (Lipinski definition) is 3. The van der Waals surface area contributed by atoms with Crippen LogP contribution in [0, 0.1) is 0 Å². The average molecular weight is 206 g/mol. The molecule has 2 aromatic rings. The van der Waals surface area contributed by atoms with Crippen LogP contribution in [0.5, 0.6) is 0 Å². The molecule has 0 bridgehead atoms. The molecule has 15 heavy (non-hydrogen) atoms. The van der Waals surface area contributed by atoms with Crippen LogP contribution < -0.4 is 0 Å². The fraction of sp³-hybridized carbons (Fsp3) is 0.400. The molecule has 0 amide bonds. The van der Waals surface area contributed by atoms with Crippen molar-refractivity contribution in [1.29, 1.82) is 0 Å². The number of hydrogen-bond donors (Lipinski definition) is 1. The molecule has 80 valence electrons. The van der Waals surface area contributed by atoms with Gasteiger partial charge in [-0.25, -0.2) is 0 Å². The van der Waals surface area contributed by atoms with Gasteiger partial charge in [-0.2, -0.15) is 10.2 Å². The molecule has 0 radical (unpaired) electrons. The van der Waals surface area contributed by atoms with E-state index in [1.807, 2.05) is 25.6 Å². The van der Waals surface area contributed by atoms with Gasteiger partial charge in [-0.15, -0.1) is 0 Å². The number of nitrogens with zero attached hydrogens (tertiary/aromatic N) is 4. The zero-order chi connectivity index (χ0) is 10.8. The molecule has 1 N–H and O–H groups in total. The molecule has 2 heterocycles. The van der Waals surface area contributed by atoms with E-state index in [1.165, 1.54) is 0 Å². The number of aromatic nitrogens is 4. The normalized spacial score (nSPS) is 13.0. The Kier molecular flexibility index (Phi) is 2.55. The highest BCUT2D eigenvalue weighted by Crippen LogP contribution is 2.10. The van der Waals surface area contributed by atoms with Crippen molar-refractivity contribution < 1.29 is 5.11 Å². The second-order valence-corrected chi connectivity index (χ2v) is 3.67. The van der Waals surface area contributed by atoms with Gasteiger partial charge in [0.2, 0.25) is 0 Å². The SMILES string of the molecule is CC(O)c1cnn(Cc2cnn(C)c2)c1. The third kappa shape index (κ3) is 2.24. The molecule has 5 nitrogen and oxygen atoms in total. The lowest BCUT2D eigenvalue weighted by Crippen LogP contribution is -1.99. The molecule has 0 fully saturated rings. The average Bonchev–Trinajstić information content (AvgIpc) is 2.76. The second-order valence-electron chi connectivity index (χ2n) is 3.67. The summed E-state index contributed by atoms with van der Waals surface area (Å²) in [4.78, 5) is 0. The quantitative estimate of drug-likeness (QED) is 0.805. The molecule has 0 aliphatic carbocycles. The minimum Gasteiger partial charge on any atom is -0.389 e. The second kappa shape index (κ2) is 3.86. The van der Waals surface area contributed by atoms with Crippen molar-refractivity contribution in [2.45, 2.75) is 19.6 Å². The zero-order valence-corrected chi connectivity index (χ0v) is 8.83. The first-order chi connectivity index (χ1) is 7.15. The lowest BCUT2D eigenvalue weighted by atomic mass is 10.2. The first kappa shape index (κ1) is 9.92. The van der Waals surface area contributed by atoms with Gasteiger partial charge in [0.05, 0.1) is 25.0 Å². The first-order valence-corrected chi connectivity index (χ1v) is 4.83. The van der Waals surface area contributed by atoms with Crippen molar-refractivity contribution in [3.8, 4) is 0 Å². The Labute approximate surface area is 88.0 Å². The third-order valence-electron chi connectivity index (χ3n) is 2.24. The summed E-state index contributed by atoms with van der Waals surface area (Å²) in [5.41, 5.74) is 1.93. The van der Waals surface area contributed by atoms with Gasteiger partial charge in [0.1, 0.15) is 0 Å². The molecule has 5 heteroatoms. The van der Waals surface area contributed by atoms with Crippen LogP contribution in [0.3, 0.4) is 0 Å². The van der Waals surface area contributed by atoms with Gasteiger partial charge >= 0.3 is 0 Å². The highest BCUT2D eigenvalue weighted by molar-refractivity contribution is 5.09. The van der Waals surface area contributed by atoms with Crippen LogP contribution in [0.2, 0.25) is 0 Å². The highest BCUT2D eigenvalue weighted by Gasteiger charge is 2.04. The smallest absolute Gasteiger partial charge is 0.0792 e. The van der Waals surface area contributed by atoms with Gasteiger partial charge in [-0.1, -0.05) is 0 Å². The number of rotatable bonds is 3. The topological polar surface area (TPSA) is 55.9 Å². The van der Waals surface area contributed by atoms with E-state index in [9.17, 15) is 5.11 Å². The highest BCUT2D eigenvalue weighted by atomic mass is 16.3. The minimum absolute atomic E-state index is 0.465. The van der Waals surface area contributed by atoms with Gasteiger partial charge < -0.3 is 5.11 Å². The Balaban J connectivity index is 2.11. The summed E-state index contributed by atoms with van der Waals surface area (Å²) in [7, 11) is 1.88. The molecule has 2 rings (SSSR count). The molecule has 0 saturated heterocycles. The van der Waals surface area contributed by atoms with Crippen molar-refractivity contribution in [2.75, 3.05) is 0 Å². The van der Waals surface area contributed by atoms with Gasteiger partial charge in [-0.3, -0.25) is 9.36 Å². The summed E-state index contributed by atoms with van der Waals surface area (Å²) in [6, 6.07) is 0. The van der Waals surface area contributed by atoms with Crippen LogP contribution in [-0.2, 0) is 13.6 Å². The van der Waals surface area contributed by atoms with E-state index in [0.717, 1.165) is 11.1 Å². The Hall–Kier alpha value is -1.62. The molecular formula is C10H14N4O. The fourth-order valence-corrected chi connectivity index (χ4v) is 1.42. The maximum Gasteiger partial charge on any atom is 0.0792 e. The first-order valence-electron chi connectivity index (χ1n) is 4.83. The molecule has 0 saturated carbocycles. The molecule has 0 spiro atoms. The van der Waals surface area contributed by atoms with E-state index in [4.69, 9.17) is 0 Å². The van der Waals surface area contributed by atoms with Crippen LogP contribution in [0.15, 0.2) is 24.8 Å². The van der Waals surface area contributed by atoms with E-state index in [-0.39, 0.29) is 0 Å². The predicted octanol–water partition coefficient (Wildman–Crippen LogP) is 0.718. The lowest BCUT2D eigenvalue weighted by molar-refractivity contribution is 0.199. The van der Waals surface area contributed by atoms with Crippen LogP contribution in [-0.4, -0.2) is 24.7 Å². The number of aryl methyl sites for hydroxylation is 1. The Morgan fingerprint density at radius 2 is 2.13 bits per heavy atom. The number of aliphatic hydroxyl groups is 1. The maximum atomic E-state index is 9.34. The lowest BCUT2D eigenvalue weighted by Gasteiger charge is -1.98. The van der Waals surface area contributed by atoms with E-state index >= 15 is 0 Å². The van der Waals surface area contributed by atoms with Crippen LogP contribution in [0.1, 0.15) is 24.2 Å². The van der Waals surface area contributed by atoms with Crippen molar-refractivity contribution >= 4 is 0 Å². The summed E-state index contributed by atoms with van der Waals surface area (Å²) in [6.07, 6.45) is 6.82. The largest absolute Gasteiger partial charge is 0.389 e. The van der Waals surface area contributed by atoms with Gasteiger partial charge in [0.25, 0.3) is 0 Å². The number of aliphatic hydroxyl groups excluding tert-OH is 1. The van der Waals surface area contributed by atoms with E-state index < -0.39 is 6.10 Å². The van der Waals surface area contributed by atoms with Gasteiger partial charge in [-0.05, 0) is 6.92 Å². The fourth-order valence-electron chi connectivity index (χ4n) is 1.42. The molecular weight excluding hydrogens is 192 g/mol. The van der Waals surface area contributed by atoms with Gasteiger partial charge in [0.15, 0.2) is 0 Å². The van der Waals surface area contributed by atoms with Crippen LogP contribution in [0.25, 0.3) is 0 Å². The van der Waals surface area contributed by atoms with Crippen molar-refractivity contribution in [3.63, 3.8) is 0 Å². The maximum absolute atomic E-state index is 9.34. The summed E-state index contributed by atoms with van der Waals surface area (Å²) in [5, 5.41) is 17.6. The van der Waals surface area contributed by atoms with Gasteiger partial charge in [0, 0.05) is 30.6 Å². The van der Waals surface area contributed by atoms with Crippen LogP contribution >= 0.6 is 0 Å². The monoisotopic (exact) mass is 206 g/mol. The predicted molar refractivity (Wildman–Crippen MR) is 55.2 cm³/mol. The van der Waals surface area contributed by atoms with Crippen molar-refractivity contribution in [1.82, 2.24) is 19.6 Å². The summed E-state index contributed by atoms with van der Waals surface area (Å²) < 4.78 is 3.55. The Morgan fingerprint density at radius 1 is 1.33 bits per heavy atom. The zero-order valence-electron chi connectivity index (χ0n) is 8.83. The standard InChI is InChI=1S/C10H14N4O/c1-8(15)10-4-12-14(7-10)6-9-3-11-13(2)5-9/h3-5,7-8,15H,6H2,1-2H3. The summed E-state index contributed by atoms with van der Waals surface area (Å²) in [5.74, 6) is 0. The van der Waals surface area contributed by atoms with E-state index in [2.05, 4.69) is 10.2 Å². The molecule has 1 atom stereocenters. The molecule has 0 aliphatic rings. The van der Waals surface area contributed by atoms with E-state index in [1.54, 1.807) is 22.5 Å². The molecule has 0 aliphatic heterocycles. The Bertz CT molecular complexity index is 444. The summed E-state index contributed by atoms with van der Waals surface area (Å²) in [6.45, 7) is 2.41. The van der Waals surface area contributed by atoms with Crippen molar-refractivity contribution in [2.24, 2.45) is 7.05 Å². The third-order valence-corrected chi connectivity index (χ3v) is 2.24. The summed E-state index contributed by atoms with van der Waals surface area (Å²) >= 11 is 0. The van der Waals surface area contributed by atoms with Crippen LogP contribution in [0.4, 0.5) is 0 Å². The van der Waals surface area contributed by atoms with Crippen molar-refractivity contribution in [3.05, 3.63) is 35.9 Å². The molecule has 2 aromatic heterocycles. The minimum atomic E-state index is -0.465. The Morgan fingerprint density at radius 3 is 2.67 bits per heavy atom. The van der Waals surface area contributed by atoms with E-state index in [0.29, 0.717) is 6.54 Å². The molecule has 0 aromatic carbocycles. The molecule has 1 unspecified atom stereocenters.